The van der Waals surface area contributed by atoms with Gasteiger partial charge in [-0.2, -0.15) is 4.40 Å². The van der Waals surface area contributed by atoms with E-state index in [1.807, 2.05) is 19.2 Å². The van der Waals surface area contributed by atoms with E-state index in [1.54, 1.807) is 10.5 Å². The number of piperazine rings is 1. The number of anilines is 1. The first-order valence-corrected chi connectivity index (χ1v) is 8.76. The summed E-state index contributed by atoms with van der Waals surface area (Å²) in [7, 11) is 0. The summed E-state index contributed by atoms with van der Waals surface area (Å²) in [4.78, 5) is 20.2. The third-order valence-electron chi connectivity index (χ3n) is 4.82. The minimum Gasteiger partial charge on any atom is -1.00 e. The van der Waals surface area contributed by atoms with Crippen molar-refractivity contribution in [2.75, 3.05) is 31.1 Å². The van der Waals surface area contributed by atoms with E-state index in [9.17, 15) is 4.79 Å². The van der Waals surface area contributed by atoms with Gasteiger partial charge in [0.2, 0.25) is 0 Å². The van der Waals surface area contributed by atoms with E-state index in [2.05, 4.69) is 51.2 Å². The summed E-state index contributed by atoms with van der Waals surface area (Å²) in [5.41, 5.74) is 4.28. The van der Waals surface area contributed by atoms with Crippen molar-refractivity contribution < 1.29 is 17.4 Å². The molecule has 4 rings (SSSR count). The van der Waals surface area contributed by atoms with Gasteiger partial charge in [0.25, 0.3) is 5.65 Å². The van der Waals surface area contributed by atoms with Crippen molar-refractivity contribution in [3.63, 3.8) is 0 Å². The number of aromatic nitrogens is 2. The first kappa shape index (κ1) is 18.4. The number of nitrogens with one attached hydrogen (secondary N) is 1. The average molecular weight is 371 g/mol. The van der Waals surface area contributed by atoms with Gasteiger partial charge in [-0.15, -0.1) is 0 Å². The monoisotopic (exact) mass is 370 g/mol. The molecule has 0 unspecified atom stereocenters. The van der Waals surface area contributed by atoms with Crippen LogP contribution in [0, 0.1) is 6.92 Å². The lowest BCUT2D eigenvalue weighted by Gasteiger charge is -2.36. The summed E-state index contributed by atoms with van der Waals surface area (Å²) in [6.45, 7) is 7.01. The fraction of sp³-hybridized carbons (Fsp3) is 0.300. The van der Waals surface area contributed by atoms with Gasteiger partial charge in [-0.25, -0.2) is 9.78 Å². The maximum atomic E-state index is 12.0. The summed E-state index contributed by atoms with van der Waals surface area (Å²) >= 11 is 0. The molecule has 3 aromatic rings. The second kappa shape index (κ2) is 7.89. The molecular formula is C20H23ClN4O. The van der Waals surface area contributed by atoms with Gasteiger partial charge in [-0.3, -0.25) is 4.90 Å². The van der Waals surface area contributed by atoms with Gasteiger partial charge in [0.15, 0.2) is 0 Å². The van der Waals surface area contributed by atoms with Crippen molar-refractivity contribution in [1.29, 1.82) is 0 Å². The predicted molar refractivity (Wildman–Crippen MR) is 98.9 cm³/mol. The van der Waals surface area contributed by atoms with Crippen LogP contribution in [0.1, 0.15) is 11.3 Å². The van der Waals surface area contributed by atoms with Crippen molar-refractivity contribution in [2.45, 2.75) is 13.5 Å². The van der Waals surface area contributed by atoms with Crippen molar-refractivity contribution >= 4 is 11.3 Å². The zero-order chi connectivity index (χ0) is 17.2. The van der Waals surface area contributed by atoms with Gasteiger partial charge in [0.1, 0.15) is 11.9 Å². The van der Waals surface area contributed by atoms with Gasteiger partial charge in [0, 0.05) is 44.5 Å². The van der Waals surface area contributed by atoms with Gasteiger partial charge < -0.3 is 17.3 Å². The molecule has 0 amide bonds. The Balaban J connectivity index is 0.00000196. The van der Waals surface area contributed by atoms with Crippen molar-refractivity contribution in [3.05, 3.63) is 76.3 Å². The lowest BCUT2D eigenvalue weighted by molar-refractivity contribution is -0.360. The third kappa shape index (κ3) is 3.89. The smallest absolute Gasteiger partial charge is 0.342 e. The molecule has 0 atom stereocenters. The molecule has 1 aromatic carbocycles. The molecule has 136 valence electrons. The van der Waals surface area contributed by atoms with Crippen molar-refractivity contribution in [1.82, 2.24) is 9.30 Å². The van der Waals surface area contributed by atoms with Crippen LogP contribution in [0.2, 0.25) is 0 Å². The molecule has 1 N–H and O–H groups in total. The molecule has 0 bridgehead atoms. The topological polar surface area (TPSA) is 42.1 Å². The van der Waals surface area contributed by atoms with E-state index in [0.29, 0.717) is 0 Å². The summed E-state index contributed by atoms with van der Waals surface area (Å²) < 4.78 is 1.66. The van der Waals surface area contributed by atoms with Gasteiger partial charge >= 0.3 is 5.56 Å². The van der Waals surface area contributed by atoms with Crippen LogP contribution in [-0.4, -0.2) is 35.5 Å². The number of H-pyrrole nitrogens is 1. The number of hydrogen-bond donors (Lipinski definition) is 0. The third-order valence-corrected chi connectivity index (χ3v) is 4.82. The molecule has 1 saturated heterocycles. The van der Waals surface area contributed by atoms with Crippen LogP contribution in [-0.2, 0) is 6.54 Å². The van der Waals surface area contributed by atoms with E-state index in [-0.39, 0.29) is 18.0 Å². The standard InChI is InChI=1S/C20H22N4O.ClH/c1-16-13-20(25)24-8-7-17(14-19(24)21-16)15-22-9-11-23(12-10-22)18-5-3-2-4-6-18;/h2-8,13-14H,9-12,15H2,1H3;1H. The van der Waals surface area contributed by atoms with Crippen LogP contribution >= 0.6 is 0 Å². The Morgan fingerprint density at radius 2 is 1.73 bits per heavy atom. The summed E-state index contributed by atoms with van der Waals surface area (Å²) in [6.07, 6.45) is 1.86. The molecule has 0 saturated carbocycles. The highest BCUT2D eigenvalue weighted by Crippen LogP contribution is 2.16. The molecule has 0 aliphatic carbocycles. The molecule has 0 radical (unpaired) electrons. The maximum Gasteiger partial charge on any atom is 0.342 e. The van der Waals surface area contributed by atoms with E-state index < -0.39 is 0 Å². The second-order valence-electron chi connectivity index (χ2n) is 6.68. The molecule has 0 spiro atoms. The van der Waals surface area contributed by atoms with Crippen LogP contribution in [0.5, 0.6) is 0 Å². The summed E-state index contributed by atoms with van der Waals surface area (Å²) in [5, 5.41) is 0. The lowest BCUT2D eigenvalue weighted by Crippen LogP contribution is -3.00. The number of halogens is 1. The van der Waals surface area contributed by atoms with Gasteiger partial charge in [-0.05, 0) is 30.7 Å². The van der Waals surface area contributed by atoms with Crippen LogP contribution in [0.4, 0.5) is 5.69 Å². The Labute approximate surface area is 159 Å². The Bertz CT molecular complexity index is 933. The Hall–Kier alpha value is -2.37. The fourth-order valence-electron chi connectivity index (χ4n) is 3.48. The largest absolute Gasteiger partial charge is 1.00 e. The average Bonchev–Trinajstić information content (AvgIpc) is 2.63. The molecule has 5 nitrogen and oxygen atoms in total. The normalized spacial score (nSPS) is 15.0. The number of aromatic amines is 1. The number of nitrogens with zero attached hydrogens (tertiary/aromatic N) is 3. The Kier molecular flexibility index (Phi) is 5.59. The van der Waals surface area contributed by atoms with Crippen molar-refractivity contribution in [2.24, 2.45) is 0 Å². The number of para-hydroxylation sites is 1. The first-order chi connectivity index (χ1) is 12.2. The van der Waals surface area contributed by atoms with Crippen LogP contribution < -0.4 is 27.9 Å². The SMILES string of the molecule is Cc1cc(=O)n2ccc(CN3CCN(c4ccccc4)CC3)cc2[nH+]1.[Cl-]. The predicted octanol–water partition coefficient (Wildman–Crippen LogP) is -1.25. The van der Waals surface area contributed by atoms with Gasteiger partial charge in [-0.1, -0.05) is 18.2 Å². The quantitative estimate of drug-likeness (QED) is 0.578. The lowest BCUT2D eigenvalue weighted by atomic mass is 10.2. The second-order valence-corrected chi connectivity index (χ2v) is 6.68. The highest BCUT2D eigenvalue weighted by Gasteiger charge is 2.18. The molecular weight excluding hydrogens is 348 g/mol. The Morgan fingerprint density at radius 3 is 2.46 bits per heavy atom. The number of rotatable bonds is 3. The molecule has 3 heterocycles. The number of aryl methyl sites for hydroxylation is 1. The number of benzene rings is 1. The maximum absolute atomic E-state index is 12.0. The van der Waals surface area contributed by atoms with Crippen molar-refractivity contribution in [3.8, 4) is 0 Å². The zero-order valence-electron chi connectivity index (χ0n) is 14.9. The summed E-state index contributed by atoms with van der Waals surface area (Å²) in [5.74, 6) is 0. The Morgan fingerprint density at radius 1 is 1.00 bits per heavy atom. The minimum absolute atomic E-state index is 0. The zero-order valence-corrected chi connectivity index (χ0v) is 15.6. The van der Waals surface area contributed by atoms with E-state index in [4.69, 9.17) is 0 Å². The van der Waals surface area contributed by atoms with E-state index in [0.717, 1.165) is 44.1 Å². The molecule has 1 fully saturated rings. The number of fused-ring (bicyclic) bond motifs is 1. The highest BCUT2D eigenvalue weighted by molar-refractivity contribution is 5.46. The molecule has 2 aromatic heterocycles. The van der Waals surface area contributed by atoms with E-state index >= 15 is 0 Å². The molecule has 1 aliphatic heterocycles. The molecule has 6 heteroatoms. The highest BCUT2D eigenvalue weighted by atomic mass is 35.5. The van der Waals surface area contributed by atoms with E-state index in [1.165, 1.54) is 11.3 Å². The van der Waals surface area contributed by atoms with Crippen LogP contribution in [0.3, 0.4) is 0 Å². The number of hydrogen-bond acceptors (Lipinski definition) is 3. The number of pyridine rings is 1. The van der Waals surface area contributed by atoms with Gasteiger partial charge in [0.05, 0.1) is 6.07 Å². The molecule has 26 heavy (non-hydrogen) atoms. The summed E-state index contributed by atoms with van der Waals surface area (Å²) in [6, 6.07) is 16.3. The van der Waals surface area contributed by atoms with Crippen LogP contribution in [0.15, 0.2) is 59.5 Å². The first-order valence-electron chi connectivity index (χ1n) is 8.76. The minimum atomic E-state index is 0. The fourth-order valence-corrected chi connectivity index (χ4v) is 3.48. The van der Waals surface area contributed by atoms with Crippen LogP contribution in [0.25, 0.3) is 5.65 Å². The molecule has 1 aliphatic rings.